The molecule has 1 aromatic rings. The lowest BCUT2D eigenvalue weighted by Crippen LogP contribution is -2.39. The van der Waals surface area contributed by atoms with Gasteiger partial charge in [-0.05, 0) is 49.9 Å². The molecule has 0 amide bonds. The molecule has 0 bridgehead atoms. The first-order valence-corrected chi connectivity index (χ1v) is 7.89. The molecule has 2 aliphatic heterocycles. The summed E-state index contributed by atoms with van der Waals surface area (Å²) < 4.78 is 16.3. The summed E-state index contributed by atoms with van der Waals surface area (Å²) in [5, 5.41) is 0. The van der Waals surface area contributed by atoms with Crippen LogP contribution in [0.15, 0.2) is 18.2 Å². The highest BCUT2D eigenvalue weighted by Crippen LogP contribution is 2.33. The van der Waals surface area contributed by atoms with E-state index in [0.29, 0.717) is 18.8 Å². The first kappa shape index (κ1) is 14.7. The van der Waals surface area contributed by atoms with E-state index in [0.717, 1.165) is 50.5 Å². The fourth-order valence-corrected chi connectivity index (χ4v) is 3.30. The Bertz CT molecular complexity index is 471. The molecule has 0 N–H and O–H groups in total. The van der Waals surface area contributed by atoms with E-state index in [-0.39, 0.29) is 0 Å². The minimum absolute atomic E-state index is 0.348. The van der Waals surface area contributed by atoms with Gasteiger partial charge in [0.1, 0.15) is 0 Å². The summed E-state index contributed by atoms with van der Waals surface area (Å²) in [6, 6.07) is 6.97. The minimum Gasteiger partial charge on any atom is -0.454 e. The van der Waals surface area contributed by atoms with Gasteiger partial charge in [-0.15, -0.1) is 0 Å². The predicted octanol–water partition coefficient (Wildman–Crippen LogP) is 2.70. The van der Waals surface area contributed by atoms with E-state index in [9.17, 15) is 0 Å². The fourth-order valence-electron chi connectivity index (χ4n) is 3.30. The molecular formula is C17H25NO3. The average molecular weight is 291 g/mol. The van der Waals surface area contributed by atoms with Gasteiger partial charge in [-0.25, -0.2) is 0 Å². The van der Waals surface area contributed by atoms with Gasteiger partial charge in [-0.2, -0.15) is 0 Å². The fraction of sp³-hybridized carbons (Fsp3) is 0.647. The zero-order chi connectivity index (χ0) is 14.7. The zero-order valence-electron chi connectivity index (χ0n) is 13.0. The molecule has 0 spiro atoms. The van der Waals surface area contributed by atoms with Crippen molar-refractivity contribution in [3.05, 3.63) is 23.8 Å². The van der Waals surface area contributed by atoms with E-state index in [1.807, 2.05) is 6.07 Å². The van der Waals surface area contributed by atoms with Gasteiger partial charge in [0, 0.05) is 25.8 Å². The van der Waals surface area contributed by atoms with Gasteiger partial charge in [0.2, 0.25) is 6.79 Å². The molecule has 3 rings (SSSR count). The summed E-state index contributed by atoms with van der Waals surface area (Å²) >= 11 is 0. The highest BCUT2D eigenvalue weighted by atomic mass is 16.7. The molecule has 0 aliphatic carbocycles. The molecule has 21 heavy (non-hydrogen) atoms. The molecule has 116 valence electrons. The number of ether oxygens (including phenoxy) is 3. The number of hydrogen-bond acceptors (Lipinski definition) is 4. The molecule has 0 aromatic heterocycles. The monoisotopic (exact) mass is 291 g/mol. The Balaban J connectivity index is 1.52. The van der Waals surface area contributed by atoms with E-state index >= 15 is 0 Å². The van der Waals surface area contributed by atoms with Crippen LogP contribution in [0.4, 0.5) is 0 Å². The average Bonchev–Trinajstić information content (AvgIpc) is 2.95. The third-order valence-corrected chi connectivity index (χ3v) is 4.43. The van der Waals surface area contributed by atoms with E-state index in [1.54, 1.807) is 0 Å². The first-order valence-electron chi connectivity index (χ1n) is 7.89. The molecule has 1 aromatic carbocycles. The van der Waals surface area contributed by atoms with Gasteiger partial charge >= 0.3 is 0 Å². The van der Waals surface area contributed by atoms with Crippen molar-refractivity contribution in [2.24, 2.45) is 5.92 Å². The maximum Gasteiger partial charge on any atom is 0.231 e. The second-order valence-electron chi connectivity index (χ2n) is 6.28. The molecule has 0 radical (unpaired) electrons. The SMILES string of the molecule is C[C@@H](Cc1ccc2c(c1)OCO2)CN(C)C1CCOCC1. The van der Waals surface area contributed by atoms with Crippen LogP contribution in [0.5, 0.6) is 11.5 Å². The molecule has 2 heterocycles. The van der Waals surface area contributed by atoms with Crippen LogP contribution in [0.1, 0.15) is 25.3 Å². The van der Waals surface area contributed by atoms with Gasteiger partial charge in [-0.1, -0.05) is 13.0 Å². The third-order valence-electron chi connectivity index (χ3n) is 4.43. The number of benzene rings is 1. The summed E-state index contributed by atoms with van der Waals surface area (Å²) in [6.45, 7) is 5.61. The van der Waals surface area contributed by atoms with E-state index < -0.39 is 0 Å². The molecule has 1 atom stereocenters. The Hall–Kier alpha value is -1.26. The van der Waals surface area contributed by atoms with E-state index in [1.165, 1.54) is 5.56 Å². The lowest BCUT2D eigenvalue weighted by molar-refractivity contribution is 0.0390. The number of rotatable bonds is 5. The van der Waals surface area contributed by atoms with E-state index in [4.69, 9.17) is 14.2 Å². The van der Waals surface area contributed by atoms with Crippen LogP contribution in [-0.4, -0.2) is 44.5 Å². The smallest absolute Gasteiger partial charge is 0.231 e. The highest BCUT2D eigenvalue weighted by molar-refractivity contribution is 5.44. The van der Waals surface area contributed by atoms with Crippen molar-refractivity contribution in [3.63, 3.8) is 0 Å². The summed E-state index contributed by atoms with van der Waals surface area (Å²) in [6.07, 6.45) is 3.39. The van der Waals surface area contributed by atoms with Gasteiger partial charge in [0.15, 0.2) is 11.5 Å². The lowest BCUT2D eigenvalue weighted by Gasteiger charge is -2.33. The Kier molecular flexibility index (Phi) is 4.66. The number of hydrogen-bond donors (Lipinski definition) is 0. The largest absolute Gasteiger partial charge is 0.454 e. The van der Waals surface area contributed by atoms with Crippen molar-refractivity contribution in [2.75, 3.05) is 33.6 Å². The lowest BCUT2D eigenvalue weighted by atomic mass is 9.98. The van der Waals surface area contributed by atoms with Crippen molar-refractivity contribution in [1.82, 2.24) is 4.90 Å². The predicted molar refractivity (Wildman–Crippen MR) is 81.9 cm³/mol. The van der Waals surface area contributed by atoms with Crippen LogP contribution in [-0.2, 0) is 11.2 Å². The van der Waals surface area contributed by atoms with Crippen molar-refractivity contribution < 1.29 is 14.2 Å². The van der Waals surface area contributed by atoms with Crippen molar-refractivity contribution >= 4 is 0 Å². The minimum atomic E-state index is 0.348. The Morgan fingerprint density at radius 2 is 1.95 bits per heavy atom. The van der Waals surface area contributed by atoms with Crippen LogP contribution in [0.3, 0.4) is 0 Å². The van der Waals surface area contributed by atoms with Crippen molar-refractivity contribution in [1.29, 1.82) is 0 Å². The molecule has 0 saturated carbocycles. The Morgan fingerprint density at radius 1 is 1.19 bits per heavy atom. The maximum atomic E-state index is 5.45. The Morgan fingerprint density at radius 3 is 2.76 bits per heavy atom. The number of fused-ring (bicyclic) bond motifs is 1. The molecular weight excluding hydrogens is 266 g/mol. The molecule has 4 nitrogen and oxygen atoms in total. The number of nitrogens with zero attached hydrogens (tertiary/aromatic N) is 1. The van der Waals surface area contributed by atoms with Crippen LogP contribution >= 0.6 is 0 Å². The van der Waals surface area contributed by atoms with Crippen LogP contribution in [0.2, 0.25) is 0 Å². The topological polar surface area (TPSA) is 30.9 Å². The summed E-state index contributed by atoms with van der Waals surface area (Å²) in [5.74, 6) is 2.38. The second kappa shape index (κ2) is 6.67. The van der Waals surface area contributed by atoms with Gasteiger partial charge in [0.05, 0.1) is 0 Å². The van der Waals surface area contributed by atoms with Crippen molar-refractivity contribution in [3.8, 4) is 11.5 Å². The van der Waals surface area contributed by atoms with Gasteiger partial charge < -0.3 is 19.1 Å². The standard InChI is InChI=1S/C17H25NO3/c1-13(11-18(2)15-5-7-19-8-6-15)9-14-3-4-16-17(10-14)21-12-20-16/h3-4,10,13,15H,5-9,11-12H2,1-2H3/t13-/m0/s1. The van der Waals surface area contributed by atoms with Gasteiger partial charge in [-0.3, -0.25) is 0 Å². The molecule has 1 saturated heterocycles. The third kappa shape index (κ3) is 3.69. The second-order valence-corrected chi connectivity index (χ2v) is 6.28. The van der Waals surface area contributed by atoms with Crippen LogP contribution < -0.4 is 9.47 Å². The quantitative estimate of drug-likeness (QED) is 0.834. The molecule has 0 unspecified atom stereocenters. The summed E-state index contributed by atoms with van der Waals surface area (Å²) in [5.41, 5.74) is 1.33. The Labute approximate surface area is 127 Å². The van der Waals surface area contributed by atoms with Crippen LogP contribution in [0, 0.1) is 5.92 Å². The van der Waals surface area contributed by atoms with Crippen LogP contribution in [0.25, 0.3) is 0 Å². The zero-order valence-corrected chi connectivity index (χ0v) is 13.0. The highest BCUT2D eigenvalue weighted by Gasteiger charge is 2.20. The summed E-state index contributed by atoms with van der Waals surface area (Å²) in [7, 11) is 2.24. The maximum absolute atomic E-state index is 5.45. The molecule has 1 fully saturated rings. The summed E-state index contributed by atoms with van der Waals surface area (Å²) in [4.78, 5) is 2.50. The molecule has 2 aliphatic rings. The van der Waals surface area contributed by atoms with Crippen molar-refractivity contribution in [2.45, 2.75) is 32.2 Å². The first-order chi connectivity index (χ1) is 10.2. The molecule has 4 heteroatoms. The normalized spacial score (nSPS) is 20.0. The van der Waals surface area contributed by atoms with Gasteiger partial charge in [0.25, 0.3) is 0 Å². The van der Waals surface area contributed by atoms with E-state index in [2.05, 4.69) is 31.0 Å².